The SMILES string of the molecule is Cc1ccc(C)c(CC(CC2CCCC2)NN)c1. The summed E-state index contributed by atoms with van der Waals surface area (Å²) in [4.78, 5) is 0. The molecule has 2 nitrogen and oxygen atoms in total. The predicted octanol–water partition coefficient (Wildman–Crippen LogP) is 3.26. The maximum Gasteiger partial charge on any atom is 0.0253 e. The summed E-state index contributed by atoms with van der Waals surface area (Å²) in [5, 5.41) is 0. The lowest BCUT2D eigenvalue weighted by Gasteiger charge is -2.21. The molecule has 1 aromatic carbocycles. The lowest BCUT2D eigenvalue weighted by Crippen LogP contribution is -2.38. The summed E-state index contributed by atoms with van der Waals surface area (Å²) in [6.45, 7) is 4.35. The van der Waals surface area contributed by atoms with Gasteiger partial charge < -0.3 is 0 Å². The number of hydrogen-bond donors (Lipinski definition) is 2. The van der Waals surface area contributed by atoms with Crippen LogP contribution in [0.4, 0.5) is 0 Å². The molecule has 0 saturated heterocycles. The Balaban J connectivity index is 1.98. The van der Waals surface area contributed by atoms with Crippen molar-refractivity contribution in [1.82, 2.24) is 5.43 Å². The van der Waals surface area contributed by atoms with Gasteiger partial charge in [0.2, 0.25) is 0 Å². The van der Waals surface area contributed by atoms with Crippen LogP contribution in [0.15, 0.2) is 18.2 Å². The Morgan fingerprint density at radius 3 is 2.67 bits per heavy atom. The second-order valence-corrected chi connectivity index (χ2v) is 5.88. The first kappa shape index (κ1) is 13.6. The zero-order valence-corrected chi connectivity index (χ0v) is 11.7. The molecular weight excluding hydrogens is 220 g/mol. The second kappa shape index (κ2) is 6.35. The van der Waals surface area contributed by atoms with Gasteiger partial charge in [-0.15, -0.1) is 0 Å². The van der Waals surface area contributed by atoms with Crippen LogP contribution >= 0.6 is 0 Å². The van der Waals surface area contributed by atoms with Crippen molar-refractivity contribution < 1.29 is 0 Å². The maximum absolute atomic E-state index is 5.74. The average molecular weight is 246 g/mol. The molecular formula is C16H26N2. The Hall–Kier alpha value is -0.860. The summed E-state index contributed by atoms with van der Waals surface area (Å²) >= 11 is 0. The first-order valence-electron chi connectivity index (χ1n) is 7.21. The summed E-state index contributed by atoms with van der Waals surface area (Å²) in [5.74, 6) is 6.62. The highest BCUT2D eigenvalue weighted by Crippen LogP contribution is 2.29. The Kier molecular flexibility index (Phi) is 4.79. The number of aryl methyl sites for hydroxylation is 2. The van der Waals surface area contributed by atoms with Gasteiger partial charge in [0, 0.05) is 6.04 Å². The van der Waals surface area contributed by atoms with Gasteiger partial charge in [-0.1, -0.05) is 49.4 Å². The van der Waals surface area contributed by atoms with Gasteiger partial charge in [-0.25, -0.2) is 0 Å². The molecule has 1 saturated carbocycles. The summed E-state index contributed by atoms with van der Waals surface area (Å²) in [6, 6.07) is 7.12. The molecule has 1 unspecified atom stereocenters. The van der Waals surface area contributed by atoms with Crippen LogP contribution < -0.4 is 11.3 Å². The van der Waals surface area contributed by atoms with Gasteiger partial charge in [-0.05, 0) is 43.7 Å². The molecule has 1 atom stereocenters. The number of hydrazine groups is 1. The molecule has 0 heterocycles. The van der Waals surface area contributed by atoms with Crippen molar-refractivity contribution in [2.45, 2.75) is 58.4 Å². The van der Waals surface area contributed by atoms with E-state index in [2.05, 4.69) is 37.5 Å². The third-order valence-electron chi connectivity index (χ3n) is 4.30. The van der Waals surface area contributed by atoms with E-state index in [-0.39, 0.29) is 0 Å². The van der Waals surface area contributed by atoms with Crippen LogP contribution in [0.3, 0.4) is 0 Å². The van der Waals surface area contributed by atoms with Crippen LogP contribution in [0.25, 0.3) is 0 Å². The van der Waals surface area contributed by atoms with Crippen LogP contribution in [0, 0.1) is 19.8 Å². The van der Waals surface area contributed by atoms with Crippen molar-refractivity contribution in [2.24, 2.45) is 11.8 Å². The molecule has 18 heavy (non-hydrogen) atoms. The average Bonchev–Trinajstić information content (AvgIpc) is 2.85. The molecule has 0 spiro atoms. The predicted molar refractivity (Wildman–Crippen MR) is 77.3 cm³/mol. The molecule has 0 amide bonds. The fourth-order valence-corrected chi connectivity index (χ4v) is 3.14. The van der Waals surface area contributed by atoms with Gasteiger partial charge >= 0.3 is 0 Å². The van der Waals surface area contributed by atoms with Crippen molar-refractivity contribution in [1.29, 1.82) is 0 Å². The summed E-state index contributed by atoms with van der Waals surface area (Å²) in [6.07, 6.45) is 7.89. The van der Waals surface area contributed by atoms with Crippen LogP contribution in [0.5, 0.6) is 0 Å². The Bertz CT molecular complexity index is 381. The van der Waals surface area contributed by atoms with Gasteiger partial charge in [0.15, 0.2) is 0 Å². The first-order valence-corrected chi connectivity index (χ1v) is 7.21. The highest BCUT2D eigenvalue weighted by molar-refractivity contribution is 5.31. The Morgan fingerprint density at radius 2 is 2.00 bits per heavy atom. The molecule has 0 aliphatic heterocycles. The van der Waals surface area contributed by atoms with E-state index >= 15 is 0 Å². The monoisotopic (exact) mass is 246 g/mol. The molecule has 0 radical (unpaired) electrons. The maximum atomic E-state index is 5.74. The molecule has 2 rings (SSSR count). The van der Waals surface area contributed by atoms with Gasteiger partial charge in [-0.2, -0.15) is 0 Å². The van der Waals surface area contributed by atoms with Crippen molar-refractivity contribution >= 4 is 0 Å². The summed E-state index contributed by atoms with van der Waals surface area (Å²) in [5.41, 5.74) is 7.19. The molecule has 2 heteroatoms. The van der Waals surface area contributed by atoms with Crippen molar-refractivity contribution in [2.75, 3.05) is 0 Å². The van der Waals surface area contributed by atoms with E-state index in [1.54, 1.807) is 0 Å². The normalized spacial score (nSPS) is 18.2. The van der Waals surface area contributed by atoms with E-state index in [1.807, 2.05) is 0 Å². The minimum absolute atomic E-state index is 0.425. The smallest absolute Gasteiger partial charge is 0.0253 e. The number of benzene rings is 1. The van der Waals surface area contributed by atoms with Crippen molar-refractivity contribution in [3.05, 3.63) is 34.9 Å². The second-order valence-electron chi connectivity index (χ2n) is 5.88. The minimum Gasteiger partial charge on any atom is -0.271 e. The molecule has 1 aliphatic carbocycles. The highest BCUT2D eigenvalue weighted by Gasteiger charge is 2.20. The van der Waals surface area contributed by atoms with Crippen LogP contribution in [-0.4, -0.2) is 6.04 Å². The molecule has 1 fully saturated rings. The van der Waals surface area contributed by atoms with Crippen LogP contribution in [0.1, 0.15) is 48.8 Å². The van der Waals surface area contributed by atoms with Gasteiger partial charge in [0.25, 0.3) is 0 Å². The number of hydrogen-bond acceptors (Lipinski definition) is 2. The fourth-order valence-electron chi connectivity index (χ4n) is 3.14. The fraction of sp³-hybridized carbons (Fsp3) is 0.625. The molecule has 1 aliphatic rings. The van der Waals surface area contributed by atoms with Gasteiger partial charge in [0.05, 0.1) is 0 Å². The van der Waals surface area contributed by atoms with E-state index in [9.17, 15) is 0 Å². The highest BCUT2D eigenvalue weighted by atomic mass is 15.2. The lowest BCUT2D eigenvalue weighted by atomic mass is 9.92. The van der Waals surface area contributed by atoms with E-state index < -0.39 is 0 Å². The van der Waals surface area contributed by atoms with Crippen LogP contribution in [0.2, 0.25) is 0 Å². The number of rotatable bonds is 5. The molecule has 0 bridgehead atoms. The minimum atomic E-state index is 0.425. The first-order chi connectivity index (χ1) is 8.69. The molecule has 100 valence electrons. The largest absolute Gasteiger partial charge is 0.271 e. The summed E-state index contributed by atoms with van der Waals surface area (Å²) < 4.78 is 0. The topological polar surface area (TPSA) is 38.0 Å². The zero-order valence-electron chi connectivity index (χ0n) is 11.7. The molecule has 0 aromatic heterocycles. The molecule has 1 aromatic rings. The third-order valence-corrected chi connectivity index (χ3v) is 4.30. The Morgan fingerprint density at radius 1 is 1.28 bits per heavy atom. The van der Waals surface area contributed by atoms with E-state index in [1.165, 1.54) is 48.8 Å². The zero-order chi connectivity index (χ0) is 13.0. The van der Waals surface area contributed by atoms with E-state index in [0.29, 0.717) is 6.04 Å². The molecule has 3 N–H and O–H groups in total. The van der Waals surface area contributed by atoms with Crippen molar-refractivity contribution in [3.8, 4) is 0 Å². The van der Waals surface area contributed by atoms with E-state index in [4.69, 9.17) is 5.84 Å². The van der Waals surface area contributed by atoms with Crippen LogP contribution in [-0.2, 0) is 6.42 Å². The number of nitrogens with one attached hydrogen (secondary N) is 1. The quantitative estimate of drug-likeness (QED) is 0.618. The Labute approximate surface area is 111 Å². The standard InChI is InChI=1S/C16H26N2/c1-12-7-8-13(2)15(9-12)11-16(18-17)10-14-5-3-4-6-14/h7-9,14,16,18H,3-6,10-11,17H2,1-2H3. The lowest BCUT2D eigenvalue weighted by molar-refractivity contribution is 0.389. The third kappa shape index (κ3) is 3.56. The van der Waals surface area contributed by atoms with E-state index in [0.717, 1.165) is 12.3 Å². The van der Waals surface area contributed by atoms with Crippen molar-refractivity contribution in [3.63, 3.8) is 0 Å². The van der Waals surface area contributed by atoms with Gasteiger partial charge in [0.1, 0.15) is 0 Å². The van der Waals surface area contributed by atoms with Gasteiger partial charge in [-0.3, -0.25) is 11.3 Å². The summed E-state index contributed by atoms with van der Waals surface area (Å²) in [7, 11) is 0. The number of nitrogens with two attached hydrogens (primary N) is 1.